The van der Waals surface area contributed by atoms with E-state index in [1.54, 1.807) is 23.1 Å². The highest BCUT2D eigenvalue weighted by Crippen LogP contribution is 2.52. The molecule has 0 saturated carbocycles. The number of anilines is 1. The van der Waals surface area contributed by atoms with Gasteiger partial charge in [-0.25, -0.2) is 0 Å². The van der Waals surface area contributed by atoms with Crippen LogP contribution in [0.2, 0.25) is 0 Å². The van der Waals surface area contributed by atoms with Crippen molar-refractivity contribution in [3.8, 4) is 0 Å². The van der Waals surface area contributed by atoms with E-state index in [0.29, 0.717) is 28.8 Å². The lowest BCUT2D eigenvalue weighted by Gasteiger charge is -2.35. The molecule has 0 aliphatic carbocycles. The zero-order chi connectivity index (χ0) is 24.5. The molecule has 1 fully saturated rings. The van der Waals surface area contributed by atoms with Gasteiger partial charge in [0.25, 0.3) is 11.8 Å². The molecule has 0 unspecified atom stereocenters. The summed E-state index contributed by atoms with van der Waals surface area (Å²) < 4.78 is 12.0. The molecule has 3 aliphatic rings. The minimum atomic E-state index is -1.61. The topological polar surface area (TPSA) is 80.1 Å². The maximum atomic E-state index is 14.3. The van der Waals surface area contributed by atoms with Crippen molar-refractivity contribution in [2.45, 2.75) is 38.3 Å². The zero-order valence-corrected chi connectivity index (χ0v) is 19.8. The molecule has 0 radical (unpaired) electrons. The quantitative estimate of drug-likeness (QED) is 0.542. The lowest BCUT2D eigenvalue weighted by atomic mass is 9.83. The standard InChI is InChI=1S/C28H26N2O5/c1-4-11-29-21-10-6-5-9-20(21)28(27(29)33)23-24(31)19-13-16(2)17(3)14-22(19)35-25(23)26(32)30(28)15-18-8-7-12-34-18/h4-6,9-10,13-14,18H,1,7-8,11-12,15H2,2-3H3/t18-,28-/m0/s1. The molecule has 35 heavy (non-hydrogen) atoms. The molecule has 1 spiro atoms. The van der Waals surface area contributed by atoms with Gasteiger partial charge in [0.1, 0.15) is 5.58 Å². The first-order chi connectivity index (χ1) is 16.9. The van der Waals surface area contributed by atoms with Gasteiger partial charge in [-0.1, -0.05) is 24.3 Å². The molecular weight excluding hydrogens is 444 g/mol. The van der Waals surface area contributed by atoms with Crippen LogP contribution in [0.3, 0.4) is 0 Å². The van der Waals surface area contributed by atoms with E-state index in [1.165, 1.54) is 4.90 Å². The first-order valence-corrected chi connectivity index (χ1v) is 11.9. The Kier molecular flexibility index (Phi) is 4.76. The summed E-state index contributed by atoms with van der Waals surface area (Å²) in [7, 11) is 0. The maximum Gasteiger partial charge on any atom is 0.291 e. The van der Waals surface area contributed by atoms with Crippen molar-refractivity contribution >= 4 is 28.5 Å². The first kappa shape index (κ1) is 21.8. The molecule has 2 atom stereocenters. The number of ether oxygens (including phenoxy) is 1. The summed E-state index contributed by atoms with van der Waals surface area (Å²) in [5.41, 5.74) is 1.65. The normalized spacial score (nSPS) is 23.0. The van der Waals surface area contributed by atoms with E-state index in [2.05, 4.69) is 6.58 Å². The van der Waals surface area contributed by atoms with E-state index in [9.17, 15) is 14.4 Å². The van der Waals surface area contributed by atoms with E-state index in [1.807, 2.05) is 38.1 Å². The van der Waals surface area contributed by atoms with Crippen LogP contribution in [0.15, 0.2) is 58.3 Å². The van der Waals surface area contributed by atoms with Crippen LogP contribution in [0.1, 0.15) is 45.7 Å². The Morgan fingerprint density at radius 2 is 1.91 bits per heavy atom. The second-order valence-electron chi connectivity index (χ2n) is 9.55. The first-order valence-electron chi connectivity index (χ1n) is 11.9. The monoisotopic (exact) mass is 470 g/mol. The van der Waals surface area contributed by atoms with Crippen molar-refractivity contribution in [1.29, 1.82) is 0 Å². The van der Waals surface area contributed by atoms with Crippen molar-refractivity contribution in [3.05, 3.63) is 87.3 Å². The van der Waals surface area contributed by atoms with E-state index in [0.717, 1.165) is 24.0 Å². The van der Waals surface area contributed by atoms with Gasteiger partial charge >= 0.3 is 0 Å². The number of para-hydroxylation sites is 1. The number of nitrogens with zero attached hydrogens (tertiary/aromatic N) is 2. The lowest BCUT2D eigenvalue weighted by molar-refractivity contribution is -0.126. The fourth-order valence-electron chi connectivity index (χ4n) is 5.80. The SMILES string of the molecule is C=CCN1C(=O)[C@]2(c3ccccc31)c1c(oc3cc(C)c(C)cc3c1=O)C(=O)N2C[C@@H]1CCCO1. The van der Waals surface area contributed by atoms with Crippen LogP contribution in [-0.4, -0.2) is 42.5 Å². The molecule has 0 N–H and O–H groups in total. The minimum Gasteiger partial charge on any atom is -0.450 e. The van der Waals surface area contributed by atoms with Crippen molar-refractivity contribution in [3.63, 3.8) is 0 Å². The van der Waals surface area contributed by atoms with Crippen LogP contribution in [-0.2, 0) is 15.1 Å². The molecule has 4 heterocycles. The number of aryl methyl sites for hydroxylation is 2. The fraction of sp³-hybridized carbons (Fsp3) is 0.321. The van der Waals surface area contributed by atoms with Crippen LogP contribution in [0, 0.1) is 13.8 Å². The van der Waals surface area contributed by atoms with Crippen LogP contribution < -0.4 is 10.3 Å². The third-order valence-electron chi connectivity index (χ3n) is 7.57. The molecule has 6 rings (SSSR count). The highest BCUT2D eigenvalue weighted by Gasteiger charge is 2.65. The maximum absolute atomic E-state index is 14.3. The molecule has 7 nitrogen and oxygen atoms in total. The van der Waals surface area contributed by atoms with Gasteiger partial charge in [0.15, 0.2) is 11.0 Å². The molecule has 3 aromatic rings. The number of benzene rings is 2. The molecule has 0 bridgehead atoms. The number of fused-ring (bicyclic) bond motifs is 5. The summed E-state index contributed by atoms with van der Waals surface area (Å²) in [5.74, 6) is -0.872. The minimum absolute atomic E-state index is 0.0626. The van der Waals surface area contributed by atoms with Crippen molar-refractivity contribution in [2.75, 3.05) is 24.6 Å². The Bertz CT molecular complexity index is 1480. The average molecular weight is 471 g/mol. The molecule has 2 amide bonds. The lowest BCUT2D eigenvalue weighted by Crippen LogP contribution is -2.55. The Morgan fingerprint density at radius 3 is 2.66 bits per heavy atom. The van der Waals surface area contributed by atoms with Gasteiger partial charge in [0.2, 0.25) is 5.76 Å². The average Bonchev–Trinajstić information content (AvgIpc) is 3.51. The van der Waals surface area contributed by atoms with E-state index in [-0.39, 0.29) is 41.9 Å². The van der Waals surface area contributed by atoms with E-state index in [4.69, 9.17) is 9.15 Å². The third kappa shape index (κ3) is 2.79. The van der Waals surface area contributed by atoms with Crippen LogP contribution in [0.25, 0.3) is 11.0 Å². The van der Waals surface area contributed by atoms with Gasteiger partial charge in [-0.3, -0.25) is 14.4 Å². The molecule has 7 heteroatoms. The predicted molar refractivity (Wildman–Crippen MR) is 132 cm³/mol. The summed E-state index contributed by atoms with van der Waals surface area (Å²) in [6.07, 6.45) is 3.10. The number of hydrogen-bond donors (Lipinski definition) is 0. The van der Waals surface area contributed by atoms with E-state index >= 15 is 0 Å². The van der Waals surface area contributed by atoms with Gasteiger partial charge < -0.3 is 19.0 Å². The molecule has 3 aliphatic heterocycles. The highest BCUT2D eigenvalue weighted by molar-refractivity contribution is 6.17. The van der Waals surface area contributed by atoms with Crippen molar-refractivity contribution < 1.29 is 18.7 Å². The van der Waals surface area contributed by atoms with Crippen molar-refractivity contribution in [1.82, 2.24) is 4.90 Å². The Morgan fingerprint density at radius 1 is 1.14 bits per heavy atom. The zero-order valence-electron chi connectivity index (χ0n) is 19.8. The van der Waals surface area contributed by atoms with Gasteiger partial charge in [0.05, 0.1) is 22.7 Å². The Balaban J connectivity index is 1.70. The number of amides is 2. The van der Waals surface area contributed by atoms with Crippen molar-refractivity contribution in [2.24, 2.45) is 0 Å². The number of carbonyl (C=O) groups excluding carboxylic acids is 2. The number of rotatable bonds is 4. The predicted octanol–water partition coefficient (Wildman–Crippen LogP) is 3.82. The van der Waals surface area contributed by atoms with E-state index < -0.39 is 11.4 Å². The number of hydrogen-bond acceptors (Lipinski definition) is 5. The Hall–Kier alpha value is -3.71. The van der Waals surface area contributed by atoms with Crippen LogP contribution in [0.5, 0.6) is 0 Å². The molecule has 178 valence electrons. The summed E-state index contributed by atoms with van der Waals surface area (Å²) in [6, 6.07) is 10.9. The highest BCUT2D eigenvalue weighted by atomic mass is 16.5. The largest absolute Gasteiger partial charge is 0.450 e. The van der Waals surface area contributed by atoms with Gasteiger partial charge in [-0.15, -0.1) is 6.58 Å². The number of carbonyl (C=O) groups is 2. The molecular formula is C28H26N2O5. The summed E-state index contributed by atoms with van der Waals surface area (Å²) in [5, 5.41) is 0.366. The van der Waals surface area contributed by atoms with Gasteiger partial charge in [-0.2, -0.15) is 0 Å². The van der Waals surface area contributed by atoms with Crippen LogP contribution >= 0.6 is 0 Å². The molecule has 1 aromatic heterocycles. The fourth-order valence-corrected chi connectivity index (χ4v) is 5.80. The summed E-state index contributed by atoms with van der Waals surface area (Å²) >= 11 is 0. The Labute approximate surface area is 202 Å². The molecule has 1 saturated heterocycles. The smallest absolute Gasteiger partial charge is 0.291 e. The van der Waals surface area contributed by atoms with Crippen LogP contribution in [0.4, 0.5) is 5.69 Å². The second kappa shape index (κ2) is 7.65. The summed E-state index contributed by atoms with van der Waals surface area (Å²) in [4.78, 5) is 45.5. The molecule has 2 aromatic carbocycles. The summed E-state index contributed by atoms with van der Waals surface area (Å²) in [6.45, 7) is 8.72. The van der Waals surface area contributed by atoms with Gasteiger partial charge in [-0.05, 0) is 56.0 Å². The second-order valence-corrected chi connectivity index (χ2v) is 9.55. The third-order valence-corrected chi connectivity index (χ3v) is 7.57. The van der Waals surface area contributed by atoms with Gasteiger partial charge in [0, 0.05) is 25.3 Å².